The molecule has 0 radical (unpaired) electrons. The van der Waals surface area contributed by atoms with Crippen molar-refractivity contribution in [3.63, 3.8) is 0 Å². The predicted molar refractivity (Wildman–Crippen MR) is 128 cm³/mol. The first kappa shape index (κ1) is 24.1. The van der Waals surface area contributed by atoms with Crippen molar-refractivity contribution in [2.75, 3.05) is 6.26 Å². The summed E-state index contributed by atoms with van der Waals surface area (Å²) in [6.07, 6.45) is 12.1. The second kappa shape index (κ2) is 9.32. The molecule has 7 nitrogen and oxygen atoms in total. The predicted octanol–water partition coefficient (Wildman–Crippen LogP) is 3.20. The third-order valence-electron chi connectivity index (χ3n) is 7.35. The first-order chi connectivity index (χ1) is 16.2. The number of amides is 1. The molecule has 34 heavy (non-hydrogen) atoms. The molecule has 1 amide bonds. The van der Waals surface area contributed by atoms with Gasteiger partial charge in [0.25, 0.3) is 0 Å². The van der Waals surface area contributed by atoms with Gasteiger partial charge in [0, 0.05) is 18.7 Å². The number of fused-ring (bicyclic) bond motifs is 2. The van der Waals surface area contributed by atoms with Crippen LogP contribution in [-0.2, 0) is 20.9 Å². The van der Waals surface area contributed by atoms with Crippen LogP contribution in [0.2, 0.25) is 0 Å². The number of carbonyl (C=O) groups excluding carboxylic acids is 1. The summed E-state index contributed by atoms with van der Waals surface area (Å²) in [5.74, 6) is -0.327. The summed E-state index contributed by atoms with van der Waals surface area (Å²) in [7, 11) is -2.75. The molecule has 2 aliphatic carbocycles. The van der Waals surface area contributed by atoms with Gasteiger partial charge >= 0.3 is 0 Å². The third kappa shape index (κ3) is 4.64. The lowest BCUT2D eigenvalue weighted by Crippen LogP contribution is -2.50. The maximum absolute atomic E-state index is 14.9. The number of carbonyl (C=O) groups is 1. The van der Waals surface area contributed by atoms with Gasteiger partial charge in [-0.2, -0.15) is 10.5 Å². The zero-order valence-corrected chi connectivity index (χ0v) is 20.1. The first-order valence-corrected chi connectivity index (χ1v) is 13.3. The average Bonchev–Trinajstić information content (AvgIpc) is 3.44. The van der Waals surface area contributed by atoms with Crippen LogP contribution >= 0.6 is 0 Å². The van der Waals surface area contributed by atoms with E-state index in [0.29, 0.717) is 29.5 Å². The van der Waals surface area contributed by atoms with Crippen molar-refractivity contribution in [1.82, 2.24) is 10.6 Å². The molecule has 178 valence electrons. The Balaban J connectivity index is 1.42. The summed E-state index contributed by atoms with van der Waals surface area (Å²) < 4.78 is 30.5. The molecular formula is C25H28FN5O2S. The Morgan fingerprint density at radius 1 is 1.41 bits per heavy atom. The van der Waals surface area contributed by atoms with E-state index >= 15 is 0 Å². The smallest absolute Gasteiger partial charge is 0.238 e. The zero-order valence-electron chi connectivity index (χ0n) is 19.3. The molecule has 6 atom stereocenters. The Labute approximate surface area is 199 Å². The van der Waals surface area contributed by atoms with E-state index in [4.69, 9.17) is 5.26 Å². The van der Waals surface area contributed by atoms with Gasteiger partial charge in [-0.1, -0.05) is 30.4 Å². The number of nitrogens with zero attached hydrogens (tertiary/aromatic N) is 3. The van der Waals surface area contributed by atoms with E-state index in [1.54, 1.807) is 37.4 Å². The molecule has 3 aliphatic rings. The standard InChI is InChI=1S/C25H28FN5O2S/c1-25(34(2,33)29-15-28)9-7-16(8-10-25)17-3-4-18(22(26)13-17)11-21(14-27)31-24(32)23-19-5-6-20(12-19)30-23/h3-4,7-9,13,19-21,23,30H,5-6,10-12H2,1-2H3,(H,31,32)/t19-,20+,21-,23-,25?,34?/m0/s1. The molecule has 4 rings (SSSR count). The monoisotopic (exact) mass is 481 g/mol. The third-order valence-corrected chi connectivity index (χ3v) is 9.81. The van der Waals surface area contributed by atoms with Crippen molar-refractivity contribution in [3.8, 4) is 12.3 Å². The highest BCUT2D eigenvalue weighted by atomic mass is 32.2. The van der Waals surface area contributed by atoms with Crippen LogP contribution in [0.4, 0.5) is 4.39 Å². The lowest BCUT2D eigenvalue weighted by molar-refractivity contribution is -0.124. The minimum absolute atomic E-state index is 0.0791. The van der Waals surface area contributed by atoms with Crippen molar-refractivity contribution < 1.29 is 13.4 Å². The Morgan fingerprint density at radius 3 is 2.76 bits per heavy atom. The second-order valence-electron chi connectivity index (χ2n) is 9.62. The fourth-order valence-electron chi connectivity index (χ4n) is 5.04. The molecule has 1 aliphatic heterocycles. The van der Waals surface area contributed by atoms with Crippen LogP contribution < -0.4 is 10.6 Å². The lowest BCUT2D eigenvalue weighted by atomic mass is 9.92. The molecule has 2 unspecified atom stereocenters. The summed E-state index contributed by atoms with van der Waals surface area (Å²) in [4.78, 5) is 12.6. The number of halogens is 1. The number of hydrogen-bond acceptors (Lipinski definition) is 6. The molecule has 1 saturated carbocycles. The number of allylic oxidation sites excluding steroid dienone is 3. The van der Waals surface area contributed by atoms with Gasteiger partial charge in [-0.3, -0.25) is 4.79 Å². The Hall–Kier alpha value is -3.01. The van der Waals surface area contributed by atoms with E-state index in [1.165, 1.54) is 12.3 Å². The highest BCUT2D eigenvalue weighted by Gasteiger charge is 2.43. The van der Waals surface area contributed by atoms with Crippen molar-refractivity contribution in [1.29, 1.82) is 10.5 Å². The molecular weight excluding hydrogens is 453 g/mol. The van der Waals surface area contributed by atoms with E-state index in [0.717, 1.165) is 24.8 Å². The number of nitriles is 2. The van der Waals surface area contributed by atoms with Crippen molar-refractivity contribution in [2.24, 2.45) is 10.3 Å². The molecule has 1 saturated heterocycles. The zero-order chi connectivity index (χ0) is 24.5. The average molecular weight is 482 g/mol. The van der Waals surface area contributed by atoms with E-state index in [9.17, 15) is 18.7 Å². The van der Waals surface area contributed by atoms with E-state index in [-0.39, 0.29) is 18.4 Å². The Kier molecular flexibility index (Phi) is 6.62. The summed E-state index contributed by atoms with van der Waals surface area (Å²) in [6.45, 7) is 1.78. The fraction of sp³-hybridized carbons (Fsp3) is 0.480. The molecule has 2 bridgehead atoms. The van der Waals surface area contributed by atoms with Gasteiger partial charge in [0.15, 0.2) is 0 Å². The molecule has 1 aromatic rings. The molecule has 1 aromatic carbocycles. The summed E-state index contributed by atoms with van der Waals surface area (Å²) in [5.41, 5.74) is 1.79. The van der Waals surface area contributed by atoms with Crippen LogP contribution in [0.15, 0.2) is 40.8 Å². The maximum atomic E-state index is 14.9. The van der Waals surface area contributed by atoms with Gasteiger partial charge in [-0.15, -0.1) is 4.36 Å². The van der Waals surface area contributed by atoms with Crippen molar-refractivity contribution in [2.45, 2.75) is 61.9 Å². The van der Waals surface area contributed by atoms with Crippen LogP contribution in [0.5, 0.6) is 0 Å². The van der Waals surface area contributed by atoms with Crippen molar-refractivity contribution in [3.05, 3.63) is 53.4 Å². The van der Waals surface area contributed by atoms with E-state index in [2.05, 4.69) is 21.1 Å². The fourth-order valence-corrected chi connectivity index (χ4v) is 6.12. The molecule has 2 N–H and O–H groups in total. The second-order valence-corrected chi connectivity index (χ2v) is 12.3. The molecule has 0 spiro atoms. The van der Waals surface area contributed by atoms with E-state index in [1.807, 2.05) is 6.08 Å². The van der Waals surface area contributed by atoms with Gasteiger partial charge < -0.3 is 10.6 Å². The van der Waals surface area contributed by atoms with Gasteiger partial charge in [-0.25, -0.2) is 8.60 Å². The number of nitrogens with one attached hydrogen (secondary N) is 2. The number of rotatable bonds is 6. The van der Waals surface area contributed by atoms with Gasteiger partial charge in [-0.05, 0) is 61.3 Å². The molecule has 1 heterocycles. The van der Waals surface area contributed by atoms with Gasteiger partial charge in [0.2, 0.25) is 12.1 Å². The van der Waals surface area contributed by atoms with Gasteiger partial charge in [0.05, 0.1) is 26.6 Å². The largest absolute Gasteiger partial charge is 0.339 e. The summed E-state index contributed by atoms with van der Waals surface area (Å²) >= 11 is 0. The number of benzene rings is 1. The molecule has 2 fully saturated rings. The SMILES string of the molecule is CC1(S(C)(=O)=NC#N)C=CC(c2ccc(C[C@@H](C#N)NC(=O)[C@H]3N[C@@H]4CC[C@H]3C4)c(F)c2)=CC1. The maximum Gasteiger partial charge on any atom is 0.238 e. The summed E-state index contributed by atoms with van der Waals surface area (Å²) in [5, 5.41) is 24.4. The Bertz CT molecular complexity index is 1270. The highest BCUT2D eigenvalue weighted by molar-refractivity contribution is 7.94. The van der Waals surface area contributed by atoms with Crippen LogP contribution in [0.3, 0.4) is 0 Å². The molecule has 9 heteroatoms. The highest BCUT2D eigenvalue weighted by Crippen LogP contribution is 2.35. The molecule has 0 aromatic heterocycles. The van der Waals surface area contributed by atoms with Crippen molar-refractivity contribution >= 4 is 21.2 Å². The lowest BCUT2D eigenvalue weighted by Gasteiger charge is -2.28. The van der Waals surface area contributed by atoms with Crippen LogP contribution in [0.25, 0.3) is 5.57 Å². The number of hydrogen-bond donors (Lipinski definition) is 2. The first-order valence-electron chi connectivity index (χ1n) is 11.4. The minimum atomic E-state index is -2.75. The minimum Gasteiger partial charge on any atom is -0.339 e. The topological polar surface area (TPSA) is 118 Å². The summed E-state index contributed by atoms with van der Waals surface area (Å²) in [6, 6.07) is 6.19. The van der Waals surface area contributed by atoms with Crippen LogP contribution in [0.1, 0.15) is 43.7 Å². The number of piperidine rings is 1. The van der Waals surface area contributed by atoms with Crippen LogP contribution in [-0.4, -0.2) is 39.2 Å². The Morgan fingerprint density at radius 2 is 2.21 bits per heavy atom. The van der Waals surface area contributed by atoms with E-state index < -0.39 is 26.3 Å². The van der Waals surface area contributed by atoms with Crippen LogP contribution in [0, 0.1) is 34.5 Å². The normalized spacial score (nSPS) is 29.9. The quantitative estimate of drug-likeness (QED) is 0.605. The van der Waals surface area contributed by atoms with Gasteiger partial charge in [0.1, 0.15) is 11.9 Å².